The number of methoxy groups -OCH3 is 1. The van der Waals surface area contributed by atoms with Gasteiger partial charge in [-0.05, 0) is 17.2 Å². The summed E-state index contributed by atoms with van der Waals surface area (Å²) in [6, 6.07) is 21.5. The summed E-state index contributed by atoms with van der Waals surface area (Å²) in [6.07, 6.45) is 1.57. The zero-order valence-corrected chi connectivity index (χ0v) is 13.2. The molecule has 0 radical (unpaired) electrons. The Morgan fingerprint density at radius 1 is 0.792 bits per heavy atom. The van der Waals surface area contributed by atoms with Gasteiger partial charge in [0.2, 0.25) is 0 Å². The van der Waals surface area contributed by atoms with E-state index in [1.807, 2.05) is 60.7 Å². The monoisotopic (exact) mass is 316 g/mol. The molecular formula is C21H16O3. The maximum absolute atomic E-state index is 10.9. The van der Waals surface area contributed by atoms with Crippen LogP contribution in [-0.4, -0.2) is 12.2 Å². The first-order chi connectivity index (χ1) is 11.8. The van der Waals surface area contributed by atoms with Crippen molar-refractivity contribution >= 4 is 11.0 Å². The summed E-state index contributed by atoms with van der Waals surface area (Å²) in [5.74, 6) is 0.822. The van der Waals surface area contributed by atoms with Crippen molar-refractivity contribution in [3.05, 3.63) is 73.0 Å². The first kappa shape index (κ1) is 14.4. The Bertz CT molecular complexity index is 986. The van der Waals surface area contributed by atoms with Crippen LogP contribution in [0.2, 0.25) is 0 Å². The molecule has 0 atom stereocenters. The van der Waals surface area contributed by atoms with E-state index in [-0.39, 0.29) is 5.75 Å². The van der Waals surface area contributed by atoms with Gasteiger partial charge >= 0.3 is 0 Å². The summed E-state index contributed by atoms with van der Waals surface area (Å²) in [5, 5.41) is 11.6. The summed E-state index contributed by atoms with van der Waals surface area (Å²) in [5.41, 5.74) is 4.00. The lowest BCUT2D eigenvalue weighted by Gasteiger charge is -2.17. The third-order valence-corrected chi connectivity index (χ3v) is 4.17. The van der Waals surface area contributed by atoms with E-state index in [0.29, 0.717) is 16.7 Å². The van der Waals surface area contributed by atoms with Crippen LogP contribution in [0.4, 0.5) is 0 Å². The molecule has 3 heteroatoms. The van der Waals surface area contributed by atoms with Crippen molar-refractivity contribution in [3.8, 4) is 33.8 Å². The zero-order valence-electron chi connectivity index (χ0n) is 13.2. The fourth-order valence-corrected chi connectivity index (χ4v) is 3.11. The highest BCUT2D eigenvalue weighted by Crippen LogP contribution is 2.50. The lowest BCUT2D eigenvalue weighted by molar-refractivity contribution is 0.410. The minimum Gasteiger partial charge on any atom is -0.507 e. The van der Waals surface area contributed by atoms with E-state index in [2.05, 4.69) is 0 Å². The van der Waals surface area contributed by atoms with E-state index in [1.54, 1.807) is 19.4 Å². The second kappa shape index (κ2) is 5.78. The Morgan fingerprint density at radius 3 is 1.96 bits per heavy atom. The van der Waals surface area contributed by atoms with Crippen molar-refractivity contribution in [1.82, 2.24) is 0 Å². The Labute approximate surface area is 139 Å². The first-order valence-corrected chi connectivity index (χ1v) is 7.72. The van der Waals surface area contributed by atoms with Crippen LogP contribution in [0.1, 0.15) is 0 Å². The lowest BCUT2D eigenvalue weighted by atomic mass is 9.91. The van der Waals surface area contributed by atoms with E-state index in [1.165, 1.54) is 0 Å². The van der Waals surface area contributed by atoms with Gasteiger partial charge in [-0.25, -0.2) is 0 Å². The molecule has 0 fully saturated rings. The topological polar surface area (TPSA) is 42.6 Å². The Kier molecular flexibility index (Phi) is 3.47. The highest BCUT2D eigenvalue weighted by molar-refractivity contribution is 6.05. The van der Waals surface area contributed by atoms with Gasteiger partial charge in [-0.15, -0.1) is 0 Å². The minimum atomic E-state index is 0.199. The average Bonchev–Trinajstić information content (AvgIpc) is 3.13. The predicted octanol–water partition coefficient (Wildman–Crippen LogP) is 5.48. The van der Waals surface area contributed by atoms with Crippen LogP contribution in [0, 0.1) is 0 Å². The molecule has 1 heterocycles. The van der Waals surface area contributed by atoms with Crippen molar-refractivity contribution in [1.29, 1.82) is 0 Å². The van der Waals surface area contributed by atoms with Gasteiger partial charge in [-0.3, -0.25) is 0 Å². The highest BCUT2D eigenvalue weighted by Gasteiger charge is 2.24. The van der Waals surface area contributed by atoms with Gasteiger partial charge in [-0.1, -0.05) is 60.7 Å². The molecule has 0 aliphatic rings. The molecule has 1 N–H and O–H groups in total. The molecule has 0 aliphatic carbocycles. The second-order valence-electron chi connectivity index (χ2n) is 5.53. The number of phenols is 1. The molecule has 118 valence electrons. The molecule has 0 saturated carbocycles. The standard InChI is InChI=1S/C21H16O3/c1-23-21-18(15-10-6-3-7-11-15)17(14-8-4-2-5-9-14)19(22)16-12-13-24-20(16)21/h2-13,22H,1H3. The average molecular weight is 316 g/mol. The van der Waals surface area contributed by atoms with Crippen LogP contribution in [-0.2, 0) is 0 Å². The fourth-order valence-electron chi connectivity index (χ4n) is 3.11. The van der Waals surface area contributed by atoms with Crippen molar-refractivity contribution in [3.63, 3.8) is 0 Å². The number of aromatic hydroxyl groups is 1. The van der Waals surface area contributed by atoms with Gasteiger partial charge in [0, 0.05) is 11.1 Å². The largest absolute Gasteiger partial charge is 0.507 e. The highest BCUT2D eigenvalue weighted by atomic mass is 16.5. The number of benzene rings is 3. The predicted molar refractivity (Wildman–Crippen MR) is 95.3 cm³/mol. The molecule has 24 heavy (non-hydrogen) atoms. The first-order valence-electron chi connectivity index (χ1n) is 7.72. The van der Waals surface area contributed by atoms with Gasteiger partial charge < -0.3 is 14.3 Å². The summed E-state index contributed by atoms with van der Waals surface area (Å²) >= 11 is 0. The van der Waals surface area contributed by atoms with E-state index in [0.717, 1.165) is 22.3 Å². The van der Waals surface area contributed by atoms with Crippen LogP contribution in [0.15, 0.2) is 77.4 Å². The third-order valence-electron chi connectivity index (χ3n) is 4.17. The van der Waals surface area contributed by atoms with Crippen LogP contribution < -0.4 is 4.74 Å². The number of phenolic OH excluding ortho intramolecular Hbond substituents is 1. The molecule has 4 rings (SSSR count). The molecule has 1 aromatic heterocycles. The normalized spacial score (nSPS) is 10.9. The van der Waals surface area contributed by atoms with E-state index >= 15 is 0 Å². The van der Waals surface area contributed by atoms with Gasteiger partial charge in [0.25, 0.3) is 0 Å². The van der Waals surface area contributed by atoms with Crippen molar-refractivity contribution in [2.24, 2.45) is 0 Å². The second-order valence-corrected chi connectivity index (χ2v) is 5.53. The van der Waals surface area contributed by atoms with Crippen molar-refractivity contribution < 1.29 is 14.3 Å². The Balaban J connectivity index is 2.18. The third kappa shape index (κ3) is 2.14. The molecule has 0 aliphatic heterocycles. The lowest BCUT2D eigenvalue weighted by Crippen LogP contribution is -1.94. The van der Waals surface area contributed by atoms with E-state index in [4.69, 9.17) is 9.15 Å². The van der Waals surface area contributed by atoms with E-state index in [9.17, 15) is 5.11 Å². The van der Waals surface area contributed by atoms with Crippen LogP contribution in [0.3, 0.4) is 0 Å². The Morgan fingerprint density at radius 2 is 1.38 bits per heavy atom. The molecule has 0 bridgehead atoms. The molecule has 0 amide bonds. The van der Waals surface area contributed by atoms with Crippen LogP contribution >= 0.6 is 0 Å². The number of fused-ring (bicyclic) bond motifs is 1. The molecular weight excluding hydrogens is 300 g/mol. The van der Waals surface area contributed by atoms with Crippen molar-refractivity contribution in [2.45, 2.75) is 0 Å². The summed E-state index contributed by atoms with van der Waals surface area (Å²) < 4.78 is 11.3. The number of ether oxygens (including phenoxy) is 1. The van der Waals surface area contributed by atoms with E-state index < -0.39 is 0 Å². The summed E-state index contributed by atoms with van der Waals surface area (Å²) in [7, 11) is 1.62. The van der Waals surface area contributed by atoms with Gasteiger partial charge in [0.05, 0.1) is 18.8 Å². The summed E-state index contributed by atoms with van der Waals surface area (Å²) in [6.45, 7) is 0. The van der Waals surface area contributed by atoms with Gasteiger partial charge in [-0.2, -0.15) is 0 Å². The quantitative estimate of drug-likeness (QED) is 0.544. The van der Waals surface area contributed by atoms with Crippen LogP contribution in [0.25, 0.3) is 33.2 Å². The summed E-state index contributed by atoms with van der Waals surface area (Å²) in [4.78, 5) is 0. The minimum absolute atomic E-state index is 0.199. The van der Waals surface area contributed by atoms with Crippen molar-refractivity contribution in [2.75, 3.05) is 7.11 Å². The molecule has 3 nitrogen and oxygen atoms in total. The molecule has 0 saturated heterocycles. The number of hydrogen-bond donors (Lipinski definition) is 1. The molecule has 4 aromatic rings. The zero-order chi connectivity index (χ0) is 16.5. The number of hydrogen-bond acceptors (Lipinski definition) is 3. The number of furan rings is 1. The molecule has 3 aromatic carbocycles. The van der Waals surface area contributed by atoms with Gasteiger partial charge in [0.1, 0.15) is 5.75 Å². The Hall–Kier alpha value is -3.20. The fraction of sp³-hybridized carbons (Fsp3) is 0.0476. The molecule has 0 spiro atoms. The smallest absolute Gasteiger partial charge is 0.180 e. The maximum Gasteiger partial charge on any atom is 0.180 e. The van der Waals surface area contributed by atoms with Crippen LogP contribution in [0.5, 0.6) is 11.5 Å². The molecule has 0 unspecified atom stereocenters. The number of rotatable bonds is 3. The van der Waals surface area contributed by atoms with Gasteiger partial charge in [0.15, 0.2) is 11.3 Å². The SMILES string of the molecule is COc1c(-c2ccccc2)c(-c2ccccc2)c(O)c2ccoc12. The maximum atomic E-state index is 10.9.